The van der Waals surface area contributed by atoms with Crippen molar-refractivity contribution in [1.82, 2.24) is 9.78 Å². The highest BCUT2D eigenvalue weighted by molar-refractivity contribution is 7.14. The molecule has 0 saturated heterocycles. The fourth-order valence-corrected chi connectivity index (χ4v) is 2.13. The standard InChI is InChI=1S/C10H12N2S/c1-8(2)9-4-5-10(13-9)12-7-3-6-11-12/h3-8H,1-2H3. The highest BCUT2D eigenvalue weighted by Crippen LogP contribution is 2.26. The largest absolute Gasteiger partial charge is 0.231 e. The number of hydrogen-bond donors (Lipinski definition) is 0. The van der Waals surface area contributed by atoms with Crippen molar-refractivity contribution in [1.29, 1.82) is 0 Å². The molecule has 0 aliphatic carbocycles. The Hall–Kier alpha value is -1.09. The van der Waals surface area contributed by atoms with Gasteiger partial charge in [0.25, 0.3) is 0 Å². The summed E-state index contributed by atoms with van der Waals surface area (Å²) in [5.74, 6) is 0.606. The molecule has 68 valence electrons. The fraction of sp³-hybridized carbons (Fsp3) is 0.300. The lowest BCUT2D eigenvalue weighted by Crippen LogP contribution is -1.88. The topological polar surface area (TPSA) is 17.8 Å². The molecule has 0 aliphatic heterocycles. The van der Waals surface area contributed by atoms with E-state index in [0.717, 1.165) is 0 Å². The van der Waals surface area contributed by atoms with Gasteiger partial charge in [-0.1, -0.05) is 13.8 Å². The second kappa shape index (κ2) is 3.34. The molecule has 2 rings (SSSR count). The zero-order valence-corrected chi connectivity index (χ0v) is 8.58. The number of aromatic nitrogens is 2. The van der Waals surface area contributed by atoms with E-state index in [-0.39, 0.29) is 0 Å². The van der Waals surface area contributed by atoms with Crippen molar-refractivity contribution in [2.45, 2.75) is 19.8 Å². The van der Waals surface area contributed by atoms with E-state index >= 15 is 0 Å². The van der Waals surface area contributed by atoms with Crippen molar-refractivity contribution in [3.05, 3.63) is 35.5 Å². The first-order valence-corrected chi connectivity index (χ1v) is 5.19. The van der Waals surface area contributed by atoms with Crippen LogP contribution in [0.2, 0.25) is 0 Å². The predicted molar refractivity (Wildman–Crippen MR) is 55.5 cm³/mol. The van der Waals surface area contributed by atoms with Crippen LogP contribution in [0.3, 0.4) is 0 Å². The average molecular weight is 192 g/mol. The summed E-state index contributed by atoms with van der Waals surface area (Å²) in [5.41, 5.74) is 0. The summed E-state index contributed by atoms with van der Waals surface area (Å²) in [5, 5.41) is 5.37. The van der Waals surface area contributed by atoms with Crippen molar-refractivity contribution in [3.63, 3.8) is 0 Å². The maximum Gasteiger partial charge on any atom is 0.117 e. The number of thiophene rings is 1. The molecule has 13 heavy (non-hydrogen) atoms. The minimum absolute atomic E-state index is 0.606. The Kier molecular flexibility index (Phi) is 2.19. The van der Waals surface area contributed by atoms with Crippen LogP contribution in [-0.4, -0.2) is 9.78 Å². The summed E-state index contributed by atoms with van der Waals surface area (Å²) in [6.07, 6.45) is 3.77. The first kappa shape index (κ1) is 8.51. The lowest BCUT2D eigenvalue weighted by Gasteiger charge is -1.98. The van der Waals surface area contributed by atoms with Crippen LogP contribution in [0.15, 0.2) is 30.6 Å². The minimum atomic E-state index is 0.606. The van der Waals surface area contributed by atoms with Crippen LogP contribution in [0.1, 0.15) is 24.6 Å². The zero-order chi connectivity index (χ0) is 9.26. The van der Waals surface area contributed by atoms with Gasteiger partial charge in [0.05, 0.1) is 0 Å². The molecular weight excluding hydrogens is 180 g/mol. The molecule has 0 bridgehead atoms. The van der Waals surface area contributed by atoms with E-state index in [1.807, 2.05) is 16.9 Å². The fourth-order valence-electron chi connectivity index (χ4n) is 1.17. The molecule has 2 nitrogen and oxygen atoms in total. The van der Waals surface area contributed by atoms with Gasteiger partial charge in [0.2, 0.25) is 0 Å². The molecule has 0 amide bonds. The first-order valence-electron chi connectivity index (χ1n) is 4.37. The summed E-state index contributed by atoms with van der Waals surface area (Å²) in [4.78, 5) is 1.41. The Bertz CT molecular complexity index is 373. The maximum absolute atomic E-state index is 4.19. The second-order valence-electron chi connectivity index (χ2n) is 3.28. The van der Waals surface area contributed by atoms with Crippen molar-refractivity contribution in [3.8, 4) is 5.00 Å². The van der Waals surface area contributed by atoms with Gasteiger partial charge in [0, 0.05) is 17.3 Å². The summed E-state index contributed by atoms with van der Waals surface area (Å²) < 4.78 is 1.90. The Morgan fingerprint density at radius 3 is 2.77 bits per heavy atom. The van der Waals surface area contributed by atoms with Gasteiger partial charge in [0.1, 0.15) is 5.00 Å². The van der Waals surface area contributed by atoms with Crippen molar-refractivity contribution in [2.24, 2.45) is 0 Å². The molecular formula is C10H12N2S. The van der Waals surface area contributed by atoms with Gasteiger partial charge in [-0.3, -0.25) is 0 Å². The van der Waals surface area contributed by atoms with Crippen LogP contribution >= 0.6 is 11.3 Å². The van der Waals surface area contributed by atoms with Crippen LogP contribution < -0.4 is 0 Å². The lowest BCUT2D eigenvalue weighted by atomic mass is 10.2. The number of nitrogens with zero attached hydrogens (tertiary/aromatic N) is 2. The Balaban J connectivity index is 2.33. The molecule has 3 heteroatoms. The third kappa shape index (κ3) is 1.65. The summed E-state index contributed by atoms with van der Waals surface area (Å²) in [6, 6.07) is 6.23. The molecule has 2 heterocycles. The molecule has 2 aromatic heterocycles. The molecule has 0 unspecified atom stereocenters. The van der Waals surface area contributed by atoms with Gasteiger partial charge in [-0.25, -0.2) is 4.68 Å². The van der Waals surface area contributed by atoms with Crippen LogP contribution in [0.5, 0.6) is 0 Å². The van der Waals surface area contributed by atoms with Crippen molar-refractivity contribution in [2.75, 3.05) is 0 Å². The molecule has 0 fully saturated rings. The smallest absolute Gasteiger partial charge is 0.117 e. The molecule has 0 aromatic carbocycles. The molecule has 0 aliphatic rings. The first-order chi connectivity index (χ1) is 6.27. The highest BCUT2D eigenvalue weighted by atomic mass is 32.1. The van der Waals surface area contributed by atoms with E-state index in [2.05, 4.69) is 31.1 Å². The lowest BCUT2D eigenvalue weighted by molar-refractivity contribution is 0.889. The molecule has 0 atom stereocenters. The Morgan fingerprint density at radius 2 is 2.23 bits per heavy atom. The monoisotopic (exact) mass is 192 g/mol. The molecule has 0 spiro atoms. The van der Waals surface area contributed by atoms with Gasteiger partial charge in [-0.15, -0.1) is 11.3 Å². The van der Waals surface area contributed by atoms with Crippen LogP contribution in [0, 0.1) is 0 Å². The zero-order valence-electron chi connectivity index (χ0n) is 7.77. The SMILES string of the molecule is CC(C)c1ccc(-n2cccn2)s1. The van der Waals surface area contributed by atoms with Crippen LogP contribution in [0.25, 0.3) is 5.00 Å². The van der Waals surface area contributed by atoms with E-state index < -0.39 is 0 Å². The van der Waals surface area contributed by atoms with Gasteiger partial charge in [-0.2, -0.15) is 5.10 Å². The molecule has 0 N–H and O–H groups in total. The second-order valence-corrected chi connectivity index (χ2v) is 4.38. The Labute approximate surface area is 81.8 Å². The maximum atomic E-state index is 4.19. The normalized spacial score (nSPS) is 11.0. The van der Waals surface area contributed by atoms with E-state index in [1.165, 1.54) is 9.88 Å². The predicted octanol–water partition coefficient (Wildman–Crippen LogP) is 3.06. The summed E-state index contributed by atoms with van der Waals surface area (Å²) >= 11 is 1.80. The summed E-state index contributed by atoms with van der Waals surface area (Å²) in [6.45, 7) is 4.41. The van der Waals surface area contributed by atoms with Crippen molar-refractivity contribution < 1.29 is 0 Å². The van der Waals surface area contributed by atoms with E-state index in [0.29, 0.717) is 5.92 Å². The van der Waals surface area contributed by atoms with E-state index in [9.17, 15) is 0 Å². The third-order valence-corrected chi connectivity index (χ3v) is 3.29. The molecule has 0 saturated carbocycles. The van der Waals surface area contributed by atoms with Gasteiger partial charge in [-0.05, 0) is 24.1 Å². The number of rotatable bonds is 2. The van der Waals surface area contributed by atoms with Gasteiger partial charge in [0.15, 0.2) is 0 Å². The molecule has 0 radical (unpaired) electrons. The van der Waals surface area contributed by atoms with E-state index in [4.69, 9.17) is 0 Å². The van der Waals surface area contributed by atoms with Crippen LogP contribution in [-0.2, 0) is 0 Å². The van der Waals surface area contributed by atoms with E-state index in [1.54, 1.807) is 17.5 Å². The van der Waals surface area contributed by atoms with Gasteiger partial charge >= 0.3 is 0 Å². The Morgan fingerprint density at radius 1 is 1.38 bits per heavy atom. The number of hydrogen-bond acceptors (Lipinski definition) is 2. The summed E-state index contributed by atoms with van der Waals surface area (Å²) in [7, 11) is 0. The minimum Gasteiger partial charge on any atom is -0.231 e. The quantitative estimate of drug-likeness (QED) is 0.715. The third-order valence-electron chi connectivity index (χ3n) is 1.91. The molecule has 2 aromatic rings. The highest BCUT2D eigenvalue weighted by Gasteiger charge is 2.04. The van der Waals surface area contributed by atoms with Gasteiger partial charge < -0.3 is 0 Å². The van der Waals surface area contributed by atoms with Crippen LogP contribution in [0.4, 0.5) is 0 Å². The van der Waals surface area contributed by atoms with Crippen molar-refractivity contribution >= 4 is 11.3 Å². The average Bonchev–Trinajstić information content (AvgIpc) is 2.75.